The summed E-state index contributed by atoms with van der Waals surface area (Å²) in [5.41, 5.74) is 1.85. The van der Waals surface area contributed by atoms with E-state index >= 15 is 0 Å². The van der Waals surface area contributed by atoms with Crippen LogP contribution in [-0.4, -0.2) is 23.2 Å². The van der Waals surface area contributed by atoms with Crippen molar-refractivity contribution in [3.05, 3.63) is 77.6 Å². The fourth-order valence-corrected chi connectivity index (χ4v) is 2.52. The number of carboxylic acids is 1. The molecule has 3 rings (SSSR count). The van der Waals surface area contributed by atoms with Crippen LogP contribution in [0.5, 0.6) is 0 Å². The Kier molecular flexibility index (Phi) is 3.85. The molecule has 1 heterocycles. The molecule has 1 unspecified atom stereocenters. The first-order valence-corrected chi connectivity index (χ1v) is 6.90. The minimum Gasteiger partial charge on any atom is -0.477 e. The third-order valence-electron chi connectivity index (χ3n) is 3.62. The molecule has 0 radical (unpaired) electrons. The summed E-state index contributed by atoms with van der Waals surface area (Å²) in [6.07, 6.45) is 1.27. The Morgan fingerprint density at radius 2 is 1.77 bits per heavy atom. The van der Waals surface area contributed by atoms with Gasteiger partial charge >= 0.3 is 5.97 Å². The van der Waals surface area contributed by atoms with Gasteiger partial charge in [-0.2, -0.15) is 0 Å². The number of nitrogens with zero attached hydrogens (tertiary/aromatic N) is 1. The summed E-state index contributed by atoms with van der Waals surface area (Å²) in [5.74, 6) is -1.04. The predicted molar refractivity (Wildman–Crippen MR) is 84.0 cm³/mol. The molecule has 0 saturated carbocycles. The van der Waals surface area contributed by atoms with Gasteiger partial charge < -0.3 is 9.84 Å². The Morgan fingerprint density at radius 1 is 1.05 bits per heavy atom. The molecule has 0 aliphatic carbocycles. The molecule has 3 aromatic rings. The molecule has 1 aromatic heterocycles. The molecule has 0 bridgehead atoms. The van der Waals surface area contributed by atoms with Gasteiger partial charge in [0.1, 0.15) is 11.8 Å². The first-order valence-electron chi connectivity index (χ1n) is 6.90. The molecule has 0 aliphatic heterocycles. The minimum absolute atomic E-state index is 0.0251. The second-order valence-corrected chi connectivity index (χ2v) is 5.00. The van der Waals surface area contributed by atoms with Crippen LogP contribution in [0, 0.1) is 0 Å². The van der Waals surface area contributed by atoms with Crippen LogP contribution in [0.4, 0.5) is 0 Å². The maximum absolute atomic E-state index is 10.9. The molecular weight excluding hydrogens is 278 g/mol. The van der Waals surface area contributed by atoms with Gasteiger partial charge in [0.05, 0.1) is 0 Å². The first kappa shape index (κ1) is 14.2. The number of aromatic carboxylic acids is 1. The molecule has 1 N–H and O–H groups in total. The Hall–Kier alpha value is -2.72. The van der Waals surface area contributed by atoms with Crippen molar-refractivity contribution < 1.29 is 14.6 Å². The number of methoxy groups -OCH3 is 1. The zero-order valence-electron chi connectivity index (χ0n) is 12.1. The number of pyridine rings is 1. The van der Waals surface area contributed by atoms with Gasteiger partial charge in [0.25, 0.3) is 0 Å². The first-order chi connectivity index (χ1) is 10.7. The van der Waals surface area contributed by atoms with Crippen molar-refractivity contribution in [2.45, 2.75) is 6.10 Å². The number of rotatable bonds is 4. The van der Waals surface area contributed by atoms with E-state index in [1.165, 1.54) is 11.5 Å². The number of fused-ring (bicyclic) bond motifs is 1. The normalized spacial score (nSPS) is 12.2. The summed E-state index contributed by atoms with van der Waals surface area (Å²) >= 11 is 0. The minimum atomic E-state index is -1.04. The van der Waals surface area contributed by atoms with Crippen LogP contribution in [0.15, 0.2) is 60.8 Å². The predicted octanol–water partition coefficient (Wildman–Crippen LogP) is 3.67. The fraction of sp³-hybridized carbons (Fsp3) is 0.111. The van der Waals surface area contributed by atoms with Crippen molar-refractivity contribution in [3.63, 3.8) is 0 Å². The van der Waals surface area contributed by atoms with Crippen molar-refractivity contribution >= 4 is 16.7 Å². The number of aromatic nitrogens is 1. The lowest BCUT2D eigenvalue weighted by Crippen LogP contribution is -2.06. The summed E-state index contributed by atoms with van der Waals surface area (Å²) in [4.78, 5) is 14.8. The maximum atomic E-state index is 10.9. The second kappa shape index (κ2) is 5.95. The average Bonchev–Trinajstić information content (AvgIpc) is 2.56. The van der Waals surface area contributed by atoms with E-state index in [1.54, 1.807) is 19.4 Å². The summed E-state index contributed by atoms with van der Waals surface area (Å²) in [6, 6.07) is 17.5. The van der Waals surface area contributed by atoms with Crippen LogP contribution in [0.25, 0.3) is 10.8 Å². The van der Waals surface area contributed by atoms with Crippen LogP contribution < -0.4 is 0 Å². The lowest BCUT2D eigenvalue weighted by molar-refractivity contribution is 0.0690. The standard InChI is InChI=1S/C18H15NO3/c1-22-17(15-8-9-16(18(20)21)19-11-15)14-7-6-12-4-2-3-5-13(12)10-14/h2-11,17H,1H3,(H,20,21). The highest BCUT2D eigenvalue weighted by Crippen LogP contribution is 2.27. The molecule has 22 heavy (non-hydrogen) atoms. The number of ether oxygens (including phenoxy) is 1. The van der Waals surface area contributed by atoms with E-state index in [1.807, 2.05) is 18.2 Å². The monoisotopic (exact) mass is 293 g/mol. The van der Waals surface area contributed by atoms with Gasteiger partial charge in [0.15, 0.2) is 0 Å². The quantitative estimate of drug-likeness (QED) is 0.797. The molecular formula is C18H15NO3. The summed E-state index contributed by atoms with van der Waals surface area (Å²) in [7, 11) is 1.63. The Bertz CT molecular complexity index is 812. The molecule has 0 fully saturated rings. The third kappa shape index (κ3) is 2.69. The summed E-state index contributed by atoms with van der Waals surface area (Å²) < 4.78 is 5.58. The molecule has 1 atom stereocenters. The number of carboxylic acid groups (broad SMARTS) is 1. The van der Waals surface area contributed by atoms with Crippen molar-refractivity contribution in [3.8, 4) is 0 Å². The van der Waals surface area contributed by atoms with Crippen LogP contribution in [-0.2, 0) is 4.74 Å². The van der Waals surface area contributed by atoms with Crippen molar-refractivity contribution in [1.82, 2.24) is 4.98 Å². The zero-order valence-corrected chi connectivity index (χ0v) is 12.1. The molecule has 0 spiro atoms. The Morgan fingerprint density at radius 3 is 2.41 bits per heavy atom. The van der Waals surface area contributed by atoms with Crippen molar-refractivity contribution in [1.29, 1.82) is 0 Å². The van der Waals surface area contributed by atoms with Gasteiger partial charge in [-0.3, -0.25) is 0 Å². The highest BCUT2D eigenvalue weighted by molar-refractivity contribution is 5.85. The fourth-order valence-electron chi connectivity index (χ4n) is 2.52. The maximum Gasteiger partial charge on any atom is 0.354 e. The highest BCUT2D eigenvalue weighted by atomic mass is 16.5. The zero-order chi connectivity index (χ0) is 15.5. The van der Waals surface area contributed by atoms with Crippen LogP contribution >= 0.6 is 0 Å². The largest absolute Gasteiger partial charge is 0.477 e. The van der Waals surface area contributed by atoms with Crippen LogP contribution in [0.1, 0.15) is 27.7 Å². The van der Waals surface area contributed by atoms with E-state index in [0.29, 0.717) is 0 Å². The average molecular weight is 293 g/mol. The van der Waals surface area contributed by atoms with E-state index in [0.717, 1.165) is 16.5 Å². The van der Waals surface area contributed by atoms with Gasteiger partial charge in [0, 0.05) is 18.9 Å². The van der Waals surface area contributed by atoms with E-state index in [-0.39, 0.29) is 11.8 Å². The lowest BCUT2D eigenvalue weighted by atomic mass is 9.99. The molecule has 0 amide bonds. The molecule has 4 nitrogen and oxygen atoms in total. The smallest absolute Gasteiger partial charge is 0.354 e. The van der Waals surface area contributed by atoms with E-state index < -0.39 is 5.97 Å². The molecule has 0 aliphatic rings. The number of benzene rings is 2. The van der Waals surface area contributed by atoms with Crippen molar-refractivity contribution in [2.75, 3.05) is 7.11 Å². The van der Waals surface area contributed by atoms with Gasteiger partial charge in [0.2, 0.25) is 0 Å². The molecule has 4 heteroatoms. The summed E-state index contributed by atoms with van der Waals surface area (Å²) in [6.45, 7) is 0. The van der Waals surface area contributed by atoms with Crippen LogP contribution in [0.3, 0.4) is 0 Å². The highest BCUT2D eigenvalue weighted by Gasteiger charge is 2.15. The van der Waals surface area contributed by atoms with E-state index in [9.17, 15) is 4.79 Å². The SMILES string of the molecule is COC(c1ccc(C(=O)O)nc1)c1ccc2ccccc2c1. The van der Waals surface area contributed by atoms with Gasteiger partial charge in [-0.1, -0.05) is 42.5 Å². The molecule has 0 saturated heterocycles. The number of carbonyl (C=O) groups is 1. The van der Waals surface area contributed by atoms with Gasteiger partial charge in [-0.25, -0.2) is 9.78 Å². The van der Waals surface area contributed by atoms with Gasteiger partial charge in [-0.15, -0.1) is 0 Å². The number of hydrogen-bond acceptors (Lipinski definition) is 3. The number of hydrogen-bond donors (Lipinski definition) is 1. The van der Waals surface area contributed by atoms with Crippen molar-refractivity contribution in [2.24, 2.45) is 0 Å². The topological polar surface area (TPSA) is 59.4 Å². The molecule has 2 aromatic carbocycles. The molecule has 110 valence electrons. The van der Waals surface area contributed by atoms with Crippen LogP contribution in [0.2, 0.25) is 0 Å². The second-order valence-electron chi connectivity index (χ2n) is 5.00. The Balaban J connectivity index is 1.99. The van der Waals surface area contributed by atoms with Gasteiger partial charge in [-0.05, 0) is 28.5 Å². The van der Waals surface area contributed by atoms with E-state index in [4.69, 9.17) is 9.84 Å². The third-order valence-corrected chi connectivity index (χ3v) is 3.62. The Labute approximate surface area is 128 Å². The van der Waals surface area contributed by atoms with E-state index in [2.05, 4.69) is 29.2 Å². The summed E-state index contributed by atoms with van der Waals surface area (Å²) in [5, 5.41) is 11.2. The lowest BCUT2D eigenvalue weighted by Gasteiger charge is -2.16.